The minimum atomic E-state index is -0.743. The molecule has 1 atom stereocenters. The van der Waals surface area contributed by atoms with Crippen LogP contribution in [0, 0.1) is 11.7 Å². The standard InChI is InChI=1S/C25H31FN4O3/c1-15(2)12-17(5)33-22-14-21(30-25(32)29(6)23(28-30)16(3)4)20(26)13-19(22)24(31)27-18-10-8-7-9-11-18/h7-11,13-17H,12H2,1-6H3,(H,27,31). The number of hydrogen-bond acceptors (Lipinski definition) is 4. The third kappa shape index (κ3) is 5.50. The highest BCUT2D eigenvalue weighted by Gasteiger charge is 2.23. The Bertz CT molecular complexity index is 1180. The largest absolute Gasteiger partial charge is 0.490 e. The van der Waals surface area contributed by atoms with E-state index in [0.29, 0.717) is 17.4 Å². The van der Waals surface area contributed by atoms with Gasteiger partial charge < -0.3 is 10.1 Å². The van der Waals surface area contributed by atoms with E-state index in [1.54, 1.807) is 31.3 Å². The molecule has 1 unspecified atom stereocenters. The number of amides is 1. The topological polar surface area (TPSA) is 78.2 Å². The first-order chi connectivity index (χ1) is 15.6. The maximum absolute atomic E-state index is 15.2. The maximum atomic E-state index is 15.2. The molecular weight excluding hydrogens is 423 g/mol. The third-order valence-electron chi connectivity index (χ3n) is 5.22. The maximum Gasteiger partial charge on any atom is 0.350 e. The van der Waals surface area contributed by atoms with Crippen LogP contribution in [0.4, 0.5) is 10.1 Å². The summed E-state index contributed by atoms with van der Waals surface area (Å²) in [6.45, 7) is 9.84. The van der Waals surface area contributed by atoms with Crippen LogP contribution in [0.2, 0.25) is 0 Å². The van der Waals surface area contributed by atoms with E-state index in [1.807, 2.05) is 26.8 Å². The van der Waals surface area contributed by atoms with Gasteiger partial charge in [-0.05, 0) is 37.5 Å². The molecule has 8 heteroatoms. The van der Waals surface area contributed by atoms with Gasteiger partial charge in [-0.25, -0.2) is 9.18 Å². The van der Waals surface area contributed by atoms with Crippen molar-refractivity contribution in [3.05, 3.63) is 70.2 Å². The van der Waals surface area contributed by atoms with Gasteiger partial charge in [0.1, 0.15) is 23.1 Å². The van der Waals surface area contributed by atoms with Crippen molar-refractivity contribution in [2.24, 2.45) is 13.0 Å². The summed E-state index contributed by atoms with van der Waals surface area (Å²) in [6.07, 6.45) is 0.520. The van der Waals surface area contributed by atoms with Crippen molar-refractivity contribution < 1.29 is 13.9 Å². The Balaban J connectivity index is 2.09. The van der Waals surface area contributed by atoms with E-state index in [4.69, 9.17) is 4.74 Å². The number of para-hydroxylation sites is 1. The molecule has 0 aliphatic heterocycles. The van der Waals surface area contributed by atoms with E-state index in [1.165, 1.54) is 10.6 Å². The molecule has 0 saturated carbocycles. The second-order valence-electron chi connectivity index (χ2n) is 8.94. The van der Waals surface area contributed by atoms with Crippen molar-refractivity contribution in [2.45, 2.75) is 53.1 Å². The van der Waals surface area contributed by atoms with E-state index in [0.717, 1.165) is 17.2 Å². The molecule has 3 rings (SSSR count). The molecule has 176 valence electrons. The molecule has 0 radical (unpaired) electrons. The van der Waals surface area contributed by atoms with Crippen molar-refractivity contribution >= 4 is 11.6 Å². The van der Waals surface area contributed by atoms with Crippen LogP contribution in [0.15, 0.2) is 47.3 Å². The number of benzene rings is 2. The van der Waals surface area contributed by atoms with Gasteiger partial charge in [0.2, 0.25) is 0 Å². The van der Waals surface area contributed by atoms with Crippen molar-refractivity contribution in [3.8, 4) is 11.4 Å². The molecule has 1 heterocycles. The molecular formula is C25H31FN4O3. The van der Waals surface area contributed by atoms with Gasteiger partial charge in [-0.1, -0.05) is 45.9 Å². The lowest BCUT2D eigenvalue weighted by Gasteiger charge is -2.20. The molecule has 0 bridgehead atoms. The Kier molecular flexibility index (Phi) is 7.36. The van der Waals surface area contributed by atoms with Crippen molar-refractivity contribution in [3.63, 3.8) is 0 Å². The Hall–Kier alpha value is -3.42. The summed E-state index contributed by atoms with van der Waals surface area (Å²) in [5.74, 6) is -0.182. The minimum Gasteiger partial charge on any atom is -0.490 e. The van der Waals surface area contributed by atoms with Gasteiger partial charge in [0, 0.05) is 24.7 Å². The monoisotopic (exact) mass is 454 g/mol. The van der Waals surface area contributed by atoms with Crippen molar-refractivity contribution in [1.29, 1.82) is 0 Å². The van der Waals surface area contributed by atoms with Crippen molar-refractivity contribution in [1.82, 2.24) is 14.3 Å². The second kappa shape index (κ2) is 10.0. The molecule has 0 aliphatic carbocycles. The third-order valence-corrected chi connectivity index (χ3v) is 5.22. The average Bonchev–Trinajstić information content (AvgIpc) is 3.04. The normalized spacial score (nSPS) is 12.3. The SMILES string of the molecule is CC(C)CC(C)Oc1cc(-n2nc(C(C)C)n(C)c2=O)c(F)cc1C(=O)Nc1ccccc1. The van der Waals surface area contributed by atoms with Gasteiger partial charge in [0.15, 0.2) is 0 Å². The number of carbonyl (C=O) groups excluding carboxylic acids is 1. The Morgan fingerprint density at radius 3 is 2.36 bits per heavy atom. The average molecular weight is 455 g/mol. The molecule has 7 nitrogen and oxygen atoms in total. The highest BCUT2D eigenvalue weighted by atomic mass is 19.1. The van der Waals surface area contributed by atoms with Crippen LogP contribution in [0.5, 0.6) is 5.75 Å². The molecule has 1 N–H and O–H groups in total. The van der Waals surface area contributed by atoms with Crippen LogP contribution < -0.4 is 15.7 Å². The molecule has 0 aliphatic rings. The molecule has 1 amide bonds. The number of ether oxygens (including phenoxy) is 1. The first kappa shape index (κ1) is 24.2. The summed E-state index contributed by atoms with van der Waals surface area (Å²) in [4.78, 5) is 25.8. The molecule has 2 aromatic carbocycles. The number of hydrogen-bond donors (Lipinski definition) is 1. The summed E-state index contributed by atoms with van der Waals surface area (Å²) in [5.41, 5.74) is 0.0882. The summed E-state index contributed by atoms with van der Waals surface area (Å²) >= 11 is 0. The zero-order chi connectivity index (χ0) is 24.3. The molecule has 33 heavy (non-hydrogen) atoms. The van der Waals surface area contributed by atoms with Crippen LogP contribution in [-0.2, 0) is 7.05 Å². The second-order valence-corrected chi connectivity index (χ2v) is 8.94. The Morgan fingerprint density at radius 1 is 1.12 bits per heavy atom. The molecule has 0 fully saturated rings. The van der Waals surface area contributed by atoms with Crippen LogP contribution in [0.25, 0.3) is 5.69 Å². The van der Waals surface area contributed by atoms with Gasteiger partial charge in [0.05, 0.1) is 11.7 Å². The summed E-state index contributed by atoms with van der Waals surface area (Å²) in [7, 11) is 1.60. The lowest BCUT2D eigenvalue weighted by Crippen LogP contribution is -2.24. The van der Waals surface area contributed by atoms with Gasteiger partial charge in [-0.2, -0.15) is 4.68 Å². The summed E-state index contributed by atoms with van der Waals surface area (Å²) < 4.78 is 23.7. The van der Waals surface area contributed by atoms with Crippen LogP contribution in [-0.4, -0.2) is 26.4 Å². The number of nitrogens with one attached hydrogen (secondary N) is 1. The Labute approximate surface area is 193 Å². The summed E-state index contributed by atoms with van der Waals surface area (Å²) in [6, 6.07) is 11.4. The Morgan fingerprint density at radius 2 is 1.79 bits per heavy atom. The fourth-order valence-electron chi connectivity index (χ4n) is 3.74. The predicted octanol–water partition coefficient (Wildman–Crippen LogP) is 4.90. The quantitative estimate of drug-likeness (QED) is 0.525. The van der Waals surface area contributed by atoms with Gasteiger partial charge in [-0.15, -0.1) is 5.10 Å². The minimum absolute atomic E-state index is 0.0234. The fourth-order valence-corrected chi connectivity index (χ4v) is 3.74. The molecule has 0 saturated heterocycles. The first-order valence-electron chi connectivity index (χ1n) is 11.1. The molecule has 0 spiro atoms. The lowest BCUT2D eigenvalue weighted by atomic mass is 10.1. The first-order valence-corrected chi connectivity index (χ1v) is 11.1. The number of aromatic nitrogens is 3. The lowest BCUT2D eigenvalue weighted by molar-refractivity contribution is 0.101. The summed E-state index contributed by atoms with van der Waals surface area (Å²) in [5, 5.41) is 7.09. The number of anilines is 1. The van der Waals surface area contributed by atoms with Crippen LogP contribution in [0.1, 0.15) is 63.1 Å². The van der Waals surface area contributed by atoms with Crippen LogP contribution in [0.3, 0.4) is 0 Å². The van der Waals surface area contributed by atoms with Gasteiger partial charge in [0.25, 0.3) is 5.91 Å². The zero-order valence-electron chi connectivity index (χ0n) is 19.9. The number of carbonyl (C=O) groups is 1. The van der Waals surface area contributed by atoms with Crippen molar-refractivity contribution in [2.75, 3.05) is 5.32 Å². The smallest absolute Gasteiger partial charge is 0.350 e. The fraction of sp³-hybridized carbons (Fsp3) is 0.400. The zero-order valence-corrected chi connectivity index (χ0v) is 19.9. The van der Waals surface area contributed by atoms with Gasteiger partial charge in [-0.3, -0.25) is 9.36 Å². The van der Waals surface area contributed by atoms with E-state index in [9.17, 15) is 9.59 Å². The highest BCUT2D eigenvalue weighted by Crippen LogP contribution is 2.28. The molecule has 3 aromatic rings. The van der Waals surface area contributed by atoms with E-state index in [2.05, 4.69) is 24.3 Å². The molecule has 1 aromatic heterocycles. The highest BCUT2D eigenvalue weighted by molar-refractivity contribution is 6.06. The van der Waals surface area contributed by atoms with E-state index >= 15 is 4.39 Å². The van der Waals surface area contributed by atoms with E-state index in [-0.39, 0.29) is 29.0 Å². The van der Waals surface area contributed by atoms with Crippen LogP contribution >= 0.6 is 0 Å². The number of halogens is 1. The van der Waals surface area contributed by atoms with Gasteiger partial charge >= 0.3 is 5.69 Å². The van der Waals surface area contributed by atoms with E-state index < -0.39 is 17.4 Å². The predicted molar refractivity (Wildman–Crippen MR) is 127 cm³/mol. The number of rotatable bonds is 8. The number of nitrogens with zero attached hydrogens (tertiary/aromatic N) is 3.